The number of carbonyl (C=O) groups excluding carboxylic acids is 2. The van der Waals surface area contributed by atoms with Gasteiger partial charge in [0.2, 0.25) is 0 Å². The summed E-state index contributed by atoms with van der Waals surface area (Å²) in [4.78, 5) is 27.6. The van der Waals surface area contributed by atoms with Gasteiger partial charge in [-0.15, -0.1) is 11.3 Å². The first kappa shape index (κ1) is 13.4. The van der Waals surface area contributed by atoms with Crippen molar-refractivity contribution >= 4 is 39.3 Å². The van der Waals surface area contributed by atoms with Gasteiger partial charge in [-0.25, -0.2) is 4.79 Å². The molecule has 1 fully saturated rings. The van der Waals surface area contributed by atoms with Crippen molar-refractivity contribution < 1.29 is 14.3 Å². The van der Waals surface area contributed by atoms with Crippen LogP contribution in [0.4, 0.5) is 4.79 Å². The third kappa shape index (κ3) is 2.67. The number of piperazine rings is 1. The Bertz CT molecular complexity index is 455. The van der Waals surface area contributed by atoms with Crippen molar-refractivity contribution in [2.24, 2.45) is 0 Å². The molecular formula is C11H13BrN2O3S. The Morgan fingerprint density at radius 3 is 2.39 bits per heavy atom. The fourth-order valence-electron chi connectivity index (χ4n) is 1.81. The number of rotatable bonds is 1. The van der Waals surface area contributed by atoms with Crippen molar-refractivity contribution in [3.8, 4) is 0 Å². The average Bonchev–Trinajstić information content (AvgIpc) is 2.83. The van der Waals surface area contributed by atoms with Gasteiger partial charge in [0.1, 0.15) is 4.88 Å². The van der Waals surface area contributed by atoms with Crippen LogP contribution in [0.15, 0.2) is 15.9 Å². The first-order valence-electron chi connectivity index (χ1n) is 5.48. The zero-order chi connectivity index (χ0) is 13.1. The Morgan fingerprint density at radius 1 is 1.28 bits per heavy atom. The predicted octanol–water partition coefficient (Wildman–Crippen LogP) is 2.03. The monoisotopic (exact) mass is 332 g/mol. The number of halogens is 1. The molecule has 1 aliphatic heterocycles. The summed E-state index contributed by atoms with van der Waals surface area (Å²) in [5, 5.41) is 1.88. The number of thiophene rings is 1. The lowest BCUT2D eigenvalue weighted by molar-refractivity contribution is 0.0603. The van der Waals surface area contributed by atoms with E-state index in [0.29, 0.717) is 31.1 Å². The van der Waals surface area contributed by atoms with Gasteiger partial charge in [-0.2, -0.15) is 0 Å². The van der Waals surface area contributed by atoms with E-state index in [9.17, 15) is 9.59 Å². The van der Waals surface area contributed by atoms with Crippen LogP contribution in [0.25, 0.3) is 0 Å². The van der Waals surface area contributed by atoms with Gasteiger partial charge in [0.25, 0.3) is 5.91 Å². The summed E-state index contributed by atoms with van der Waals surface area (Å²) >= 11 is 4.78. The lowest BCUT2D eigenvalue weighted by Gasteiger charge is -2.33. The van der Waals surface area contributed by atoms with E-state index >= 15 is 0 Å². The highest BCUT2D eigenvalue weighted by Crippen LogP contribution is 2.24. The van der Waals surface area contributed by atoms with Crippen LogP contribution in [0.3, 0.4) is 0 Å². The molecule has 18 heavy (non-hydrogen) atoms. The largest absolute Gasteiger partial charge is 0.453 e. The van der Waals surface area contributed by atoms with Crippen molar-refractivity contribution in [2.75, 3.05) is 33.3 Å². The van der Waals surface area contributed by atoms with Crippen LogP contribution in [0, 0.1) is 0 Å². The maximum absolute atomic E-state index is 12.2. The number of nitrogens with zero attached hydrogens (tertiary/aromatic N) is 2. The lowest BCUT2D eigenvalue weighted by Crippen LogP contribution is -2.50. The number of carbonyl (C=O) groups is 2. The Labute approximate surface area is 117 Å². The summed E-state index contributed by atoms with van der Waals surface area (Å²) in [5.41, 5.74) is 0. The molecule has 0 N–H and O–H groups in total. The van der Waals surface area contributed by atoms with Crippen molar-refractivity contribution in [2.45, 2.75) is 0 Å². The van der Waals surface area contributed by atoms with Gasteiger partial charge >= 0.3 is 6.09 Å². The number of ether oxygens (including phenoxy) is 1. The first-order valence-corrected chi connectivity index (χ1v) is 7.16. The molecule has 5 nitrogen and oxygen atoms in total. The highest BCUT2D eigenvalue weighted by Gasteiger charge is 2.26. The maximum Gasteiger partial charge on any atom is 0.409 e. The Kier molecular flexibility index (Phi) is 4.23. The minimum absolute atomic E-state index is 0.0152. The lowest BCUT2D eigenvalue weighted by atomic mass is 10.3. The van der Waals surface area contributed by atoms with E-state index in [1.807, 2.05) is 11.4 Å². The van der Waals surface area contributed by atoms with E-state index in [1.165, 1.54) is 18.4 Å². The Morgan fingerprint density at radius 2 is 1.89 bits per heavy atom. The van der Waals surface area contributed by atoms with Crippen molar-refractivity contribution in [3.05, 3.63) is 20.8 Å². The van der Waals surface area contributed by atoms with Gasteiger partial charge in [-0.1, -0.05) is 0 Å². The molecule has 1 aromatic heterocycles. The Hall–Kier alpha value is -1.08. The molecule has 0 saturated carbocycles. The normalized spacial score (nSPS) is 15.7. The zero-order valence-corrected chi connectivity index (χ0v) is 12.3. The van der Waals surface area contributed by atoms with Gasteiger partial charge in [-0.3, -0.25) is 4.79 Å². The zero-order valence-electron chi connectivity index (χ0n) is 9.89. The minimum Gasteiger partial charge on any atom is -0.453 e. The molecule has 1 aliphatic rings. The maximum atomic E-state index is 12.2. The van der Waals surface area contributed by atoms with Gasteiger partial charge in [-0.05, 0) is 27.4 Å². The fraction of sp³-hybridized carbons (Fsp3) is 0.455. The minimum atomic E-state index is -0.334. The molecule has 0 aromatic carbocycles. The first-order chi connectivity index (χ1) is 8.63. The molecule has 0 spiro atoms. The van der Waals surface area contributed by atoms with Crippen LogP contribution < -0.4 is 0 Å². The molecule has 98 valence electrons. The molecule has 7 heteroatoms. The highest BCUT2D eigenvalue weighted by molar-refractivity contribution is 9.10. The molecule has 2 heterocycles. The van der Waals surface area contributed by atoms with E-state index in [-0.39, 0.29) is 12.0 Å². The summed E-state index contributed by atoms with van der Waals surface area (Å²) < 4.78 is 5.48. The van der Waals surface area contributed by atoms with E-state index in [0.717, 1.165) is 4.47 Å². The van der Waals surface area contributed by atoms with Crippen molar-refractivity contribution in [1.82, 2.24) is 9.80 Å². The van der Waals surface area contributed by atoms with Crippen LogP contribution >= 0.6 is 27.3 Å². The predicted molar refractivity (Wildman–Crippen MR) is 71.9 cm³/mol. The second kappa shape index (κ2) is 5.71. The van der Waals surface area contributed by atoms with Crippen molar-refractivity contribution in [1.29, 1.82) is 0 Å². The summed E-state index contributed by atoms with van der Waals surface area (Å²) in [6.45, 7) is 2.11. The topological polar surface area (TPSA) is 49.9 Å². The molecule has 1 aromatic rings. The second-order valence-corrected chi connectivity index (χ2v) is 5.62. The smallest absolute Gasteiger partial charge is 0.409 e. The van der Waals surface area contributed by atoms with Crippen LogP contribution in [0.1, 0.15) is 9.67 Å². The summed E-state index contributed by atoms with van der Waals surface area (Å²) in [7, 11) is 1.36. The summed E-state index contributed by atoms with van der Waals surface area (Å²) in [6, 6.07) is 1.86. The molecule has 2 amide bonds. The molecule has 2 rings (SSSR count). The second-order valence-electron chi connectivity index (χ2n) is 3.85. The van der Waals surface area contributed by atoms with E-state index < -0.39 is 0 Å². The molecular weight excluding hydrogens is 320 g/mol. The van der Waals surface area contributed by atoms with Crippen LogP contribution in [0.2, 0.25) is 0 Å². The van der Waals surface area contributed by atoms with Gasteiger partial charge in [0.05, 0.1) is 7.11 Å². The Balaban J connectivity index is 1.96. The highest BCUT2D eigenvalue weighted by atomic mass is 79.9. The molecule has 0 aliphatic carbocycles. The van der Waals surface area contributed by atoms with Gasteiger partial charge in [0, 0.05) is 30.7 Å². The molecule has 1 saturated heterocycles. The number of hydrogen-bond acceptors (Lipinski definition) is 4. The third-order valence-corrected chi connectivity index (χ3v) is 4.64. The summed E-state index contributed by atoms with van der Waals surface area (Å²) in [6.07, 6.45) is -0.334. The van der Waals surface area contributed by atoms with Gasteiger partial charge < -0.3 is 14.5 Å². The van der Waals surface area contributed by atoms with Crippen LogP contribution in [-0.2, 0) is 4.74 Å². The SMILES string of the molecule is COC(=O)N1CCN(C(=O)c2sccc2Br)CC1. The number of amides is 2. The summed E-state index contributed by atoms with van der Waals surface area (Å²) in [5.74, 6) is 0.0152. The van der Waals surface area contributed by atoms with Crippen molar-refractivity contribution in [3.63, 3.8) is 0 Å². The standard InChI is InChI=1S/C11H13BrN2O3S/c1-17-11(16)14-5-3-13(4-6-14)10(15)9-8(12)2-7-18-9/h2,7H,3-6H2,1H3. The van der Waals surface area contributed by atoms with Crippen LogP contribution in [-0.4, -0.2) is 55.1 Å². The fourth-order valence-corrected chi connectivity index (χ4v) is 3.32. The number of methoxy groups -OCH3 is 1. The van der Waals surface area contributed by atoms with Crippen LogP contribution in [0.5, 0.6) is 0 Å². The molecule has 0 atom stereocenters. The molecule has 0 unspecified atom stereocenters. The average molecular weight is 333 g/mol. The van der Waals surface area contributed by atoms with E-state index in [2.05, 4.69) is 20.7 Å². The quantitative estimate of drug-likeness (QED) is 0.790. The third-order valence-electron chi connectivity index (χ3n) is 2.81. The number of hydrogen-bond donors (Lipinski definition) is 0. The van der Waals surface area contributed by atoms with E-state index in [1.54, 1.807) is 9.80 Å². The van der Waals surface area contributed by atoms with Gasteiger partial charge in [0.15, 0.2) is 0 Å². The van der Waals surface area contributed by atoms with E-state index in [4.69, 9.17) is 0 Å². The molecule has 0 radical (unpaired) electrons. The molecule has 0 bridgehead atoms.